The average Bonchev–Trinajstić information content (AvgIpc) is 2.35. The van der Waals surface area contributed by atoms with E-state index in [9.17, 15) is 4.79 Å². The van der Waals surface area contributed by atoms with Crippen molar-refractivity contribution in [2.75, 3.05) is 21.3 Å². The second-order valence-electron chi connectivity index (χ2n) is 3.39. The lowest BCUT2D eigenvalue weighted by Crippen LogP contribution is -2.13. The standard InChI is InChI=1S/C12H15BrO4/c1-7(13)12(14)11-9(16-3)5-8(15-2)6-10(11)17-4/h5-7H,1-4H3. The Balaban J connectivity index is 3.39. The molecule has 1 unspecified atom stereocenters. The Morgan fingerprint density at radius 3 is 1.88 bits per heavy atom. The molecule has 0 fully saturated rings. The summed E-state index contributed by atoms with van der Waals surface area (Å²) in [6, 6.07) is 3.32. The molecule has 0 saturated carbocycles. The van der Waals surface area contributed by atoms with Gasteiger partial charge in [-0.3, -0.25) is 4.79 Å². The van der Waals surface area contributed by atoms with Crippen molar-refractivity contribution in [3.63, 3.8) is 0 Å². The Morgan fingerprint density at radius 1 is 1.12 bits per heavy atom. The van der Waals surface area contributed by atoms with Gasteiger partial charge in [0.15, 0.2) is 5.78 Å². The number of halogens is 1. The molecule has 94 valence electrons. The summed E-state index contributed by atoms with van der Waals surface area (Å²) < 4.78 is 15.5. The zero-order valence-electron chi connectivity index (χ0n) is 10.2. The fourth-order valence-corrected chi connectivity index (χ4v) is 1.68. The molecule has 0 bridgehead atoms. The number of Topliss-reactive ketones (excluding diaryl/α,β-unsaturated/α-hetero) is 1. The third-order valence-corrected chi connectivity index (χ3v) is 2.74. The van der Waals surface area contributed by atoms with Crippen molar-refractivity contribution in [3.05, 3.63) is 17.7 Å². The fraction of sp³-hybridized carbons (Fsp3) is 0.417. The van der Waals surface area contributed by atoms with E-state index >= 15 is 0 Å². The molecule has 0 amide bonds. The molecule has 4 nitrogen and oxygen atoms in total. The lowest BCUT2D eigenvalue weighted by atomic mass is 10.1. The SMILES string of the molecule is COc1cc(OC)c(C(=O)C(C)Br)c(OC)c1. The molecule has 5 heteroatoms. The summed E-state index contributed by atoms with van der Waals surface area (Å²) in [7, 11) is 4.55. The van der Waals surface area contributed by atoms with Crippen LogP contribution in [0.15, 0.2) is 12.1 Å². The fourth-order valence-electron chi connectivity index (χ4n) is 1.45. The van der Waals surface area contributed by atoms with Gasteiger partial charge in [0.05, 0.1) is 26.2 Å². The Labute approximate surface area is 109 Å². The second kappa shape index (κ2) is 5.91. The topological polar surface area (TPSA) is 44.8 Å². The maximum atomic E-state index is 12.1. The zero-order chi connectivity index (χ0) is 13.0. The van der Waals surface area contributed by atoms with E-state index in [1.54, 1.807) is 26.2 Å². The minimum absolute atomic E-state index is 0.0960. The van der Waals surface area contributed by atoms with E-state index in [-0.39, 0.29) is 10.6 Å². The van der Waals surface area contributed by atoms with Crippen LogP contribution in [0.25, 0.3) is 0 Å². The van der Waals surface area contributed by atoms with Gasteiger partial charge in [-0.15, -0.1) is 0 Å². The van der Waals surface area contributed by atoms with Crippen molar-refractivity contribution < 1.29 is 19.0 Å². The first kappa shape index (κ1) is 13.8. The number of hydrogen-bond donors (Lipinski definition) is 0. The molecule has 0 radical (unpaired) electrons. The number of ketones is 1. The van der Waals surface area contributed by atoms with Gasteiger partial charge in [-0.05, 0) is 6.92 Å². The summed E-state index contributed by atoms with van der Waals surface area (Å²) in [4.78, 5) is 11.7. The molecule has 1 atom stereocenters. The van der Waals surface area contributed by atoms with Crippen molar-refractivity contribution in [2.45, 2.75) is 11.8 Å². The molecule has 0 aliphatic carbocycles. The zero-order valence-corrected chi connectivity index (χ0v) is 11.8. The van der Waals surface area contributed by atoms with Crippen LogP contribution in [0.4, 0.5) is 0 Å². The highest BCUT2D eigenvalue weighted by Crippen LogP contribution is 2.35. The highest BCUT2D eigenvalue weighted by molar-refractivity contribution is 9.10. The van der Waals surface area contributed by atoms with E-state index in [0.717, 1.165) is 0 Å². The molecule has 1 rings (SSSR count). The summed E-state index contributed by atoms with van der Waals surface area (Å²) in [6.07, 6.45) is 0. The van der Waals surface area contributed by atoms with Crippen LogP contribution in [0.3, 0.4) is 0 Å². The summed E-state index contributed by atoms with van der Waals surface area (Å²) in [5, 5.41) is 0. The van der Waals surface area contributed by atoms with E-state index in [1.165, 1.54) is 14.2 Å². The summed E-state index contributed by atoms with van der Waals surface area (Å²) in [5.41, 5.74) is 0.417. The van der Waals surface area contributed by atoms with Crippen LogP contribution in [-0.2, 0) is 0 Å². The van der Waals surface area contributed by atoms with Gasteiger partial charge < -0.3 is 14.2 Å². The maximum Gasteiger partial charge on any atom is 0.183 e. The minimum atomic E-state index is -0.307. The number of methoxy groups -OCH3 is 3. The number of alkyl halides is 1. The molecule has 0 aliphatic heterocycles. The third-order valence-electron chi connectivity index (χ3n) is 2.32. The van der Waals surface area contributed by atoms with Gasteiger partial charge >= 0.3 is 0 Å². The van der Waals surface area contributed by atoms with Crippen LogP contribution < -0.4 is 14.2 Å². The van der Waals surface area contributed by atoms with E-state index in [0.29, 0.717) is 22.8 Å². The molecule has 0 spiro atoms. The number of ether oxygens (including phenoxy) is 3. The third kappa shape index (κ3) is 2.91. The van der Waals surface area contributed by atoms with Crippen LogP contribution in [0.1, 0.15) is 17.3 Å². The molecule has 0 aliphatic rings. The second-order valence-corrected chi connectivity index (χ2v) is 4.76. The van der Waals surface area contributed by atoms with E-state index in [1.807, 2.05) is 0 Å². The van der Waals surface area contributed by atoms with Crippen molar-refractivity contribution in [3.8, 4) is 17.2 Å². The summed E-state index contributed by atoms with van der Waals surface area (Å²) in [6.45, 7) is 1.76. The molecular formula is C12H15BrO4. The molecule has 0 heterocycles. The molecule has 1 aromatic rings. The maximum absolute atomic E-state index is 12.1. The van der Waals surface area contributed by atoms with Crippen LogP contribution >= 0.6 is 15.9 Å². The minimum Gasteiger partial charge on any atom is -0.496 e. The Morgan fingerprint density at radius 2 is 1.59 bits per heavy atom. The van der Waals surface area contributed by atoms with Crippen molar-refractivity contribution in [1.82, 2.24) is 0 Å². The monoisotopic (exact) mass is 302 g/mol. The van der Waals surface area contributed by atoms with Crippen LogP contribution in [0, 0.1) is 0 Å². The Bertz CT molecular complexity index is 390. The van der Waals surface area contributed by atoms with Gasteiger partial charge in [0, 0.05) is 12.1 Å². The van der Waals surface area contributed by atoms with Crippen LogP contribution in [0.2, 0.25) is 0 Å². The van der Waals surface area contributed by atoms with Crippen molar-refractivity contribution >= 4 is 21.7 Å². The summed E-state index contributed by atoms with van der Waals surface area (Å²) >= 11 is 3.25. The highest BCUT2D eigenvalue weighted by Gasteiger charge is 2.23. The number of carbonyl (C=O) groups excluding carboxylic acids is 1. The molecule has 0 N–H and O–H groups in total. The molecule has 0 saturated heterocycles. The molecule has 17 heavy (non-hydrogen) atoms. The smallest absolute Gasteiger partial charge is 0.183 e. The number of benzene rings is 1. The van der Waals surface area contributed by atoms with Gasteiger partial charge in [-0.1, -0.05) is 15.9 Å². The van der Waals surface area contributed by atoms with Gasteiger partial charge in [-0.25, -0.2) is 0 Å². The summed E-state index contributed by atoms with van der Waals surface area (Å²) in [5.74, 6) is 1.37. The predicted molar refractivity (Wildman–Crippen MR) is 68.8 cm³/mol. The Kier molecular flexibility index (Phi) is 4.81. The quantitative estimate of drug-likeness (QED) is 0.620. The first-order chi connectivity index (χ1) is 8.04. The van der Waals surface area contributed by atoms with Crippen molar-refractivity contribution in [1.29, 1.82) is 0 Å². The number of hydrogen-bond acceptors (Lipinski definition) is 4. The molecule has 1 aromatic carbocycles. The first-order valence-corrected chi connectivity index (χ1v) is 5.95. The van der Waals surface area contributed by atoms with Crippen molar-refractivity contribution in [2.24, 2.45) is 0 Å². The van der Waals surface area contributed by atoms with Crippen LogP contribution in [0.5, 0.6) is 17.2 Å². The average molecular weight is 303 g/mol. The van der Waals surface area contributed by atoms with Gasteiger partial charge in [0.2, 0.25) is 0 Å². The van der Waals surface area contributed by atoms with Gasteiger partial charge in [0.1, 0.15) is 22.8 Å². The van der Waals surface area contributed by atoms with Gasteiger partial charge in [-0.2, -0.15) is 0 Å². The predicted octanol–water partition coefficient (Wildman–Crippen LogP) is 2.68. The molecular weight excluding hydrogens is 288 g/mol. The highest BCUT2D eigenvalue weighted by atomic mass is 79.9. The van der Waals surface area contributed by atoms with Gasteiger partial charge in [0.25, 0.3) is 0 Å². The lowest BCUT2D eigenvalue weighted by Gasteiger charge is -2.14. The van der Waals surface area contributed by atoms with E-state index in [2.05, 4.69) is 15.9 Å². The number of carbonyl (C=O) groups is 1. The molecule has 0 aromatic heterocycles. The van der Waals surface area contributed by atoms with Crippen LogP contribution in [-0.4, -0.2) is 31.9 Å². The lowest BCUT2D eigenvalue weighted by molar-refractivity contribution is 0.0989. The number of rotatable bonds is 5. The van der Waals surface area contributed by atoms with E-state index < -0.39 is 0 Å². The Hall–Kier alpha value is -1.23. The largest absolute Gasteiger partial charge is 0.496 e. The first-order valence-electron chi connectivity index (χ1n) is 5.03. The normalized spacial score (nSPS) is 11.8. The van der Waals surface area contributed by atoms with E-state index in [4.69, 9.17) is 14.2 Å².